The molecule has 0 amide bonds. The highest BCUT2D eigenvalue weighted by molar-refractivity contribution is 7.80. The van der Waals surface area contributed by atoms with Gasteiger partial charge in [-0.05, 0) is 31.1 Å². The van der Waals surface area contributed by atoms with Gasteiger partial charge in [-0.15, -0.1) is 11.3 Å². The number of aryl methyl sites for hydroxylation is 1. The molecule has 0 unspecified atom stereocenters. The number of nitrogens with one attached hydrogen (secondary N) is 2. The van der Waals surface area contributed by atoms with Crippen molar-refractivity contribution in [1.29, 1.82) is 0 Å². The Morgan fingerprint density at radius 2 is 1.83 bits per heavy atom. The molecule has 0 aromatic carbocycles. The number of carbonyl (C=O) groups excluding carboxylic acids is 1. The van der Waals surface area contributed by atoms with Crippen molar-refractivity contribution in [1.82, 2.24) is 5.32 Å². The predicted octanol–water partition coefficient (Wildman–Crippen LogP) is 5.13. The van der Waals surface area contributed by atoms with Gasteiger partial charge in [-0.3, -0.25) is 0 Å². The summed E-state index contributed by atoms with van der Waals surface area (Å²) in [4.78, 5) is 13.0. The number of anilines is 1. The van der Waals surface area contributed by atoms with Gasteiger partial charge in [-0.25, -0.2) is 4.79 Å². The lowest BCUT2D eigenvalue weighted by Gasteiger charge is -2.10. The van der Waals surface area contributed by atoms with Crippen molar-refractivity contribution >= 4 is 39.6 Å². The maximum atomic E-state index is 11.8. The normalized spacial score (nSPS) is 10.5. The van der Waals surface area contributed by atoms with Gasteiger partial charge in [0, 0.05) is 11.4 Å². The van der Waals surface area contributed by atoms with Crippen molar-refractivity contribution in [2.24, 2.45) is 0 Å². The highest BCUT2D eigenvalue weighted by Crippen LogP contribution is 2.29. The van der Waals surface area contributed by atoms with Crippen molar-refractivity contribution in [2.75, 3.05) is 19.0 Å². The summed E-state index contributed by atoms with van der Waals surface area (Å²) >= 11 is 6.88. The van der Waals surface area contributed by atoms with Crippen LogP contribution in [0.2, 0.25) is 0 Å². The van der Waals surface area contributed by atoms with Gasteiger partial charge in [0.1, 0.15) is 5.00 Å². The summed E-state index contributed by atoms with van der Waals surface area (Å²) in [5.74, 6) is -0.330. The van der Waals surface area contributed by atoms with Gasteiger partial charge in [-0.2, -0.15) is 0 Å². The number of thiocarbonyl (C=S) groups is 1. The fraction of sp³-hybridized carbons (Fsp3) is 0.667. The molecule has 0 fully saturated rings. The Bertz CT molecular complexity index is 515. The van der Waals surface area contributed by atoms with Gasteiger partial charge in [0.2, 0.25) is 0 Å². The molecule has 0 radical (unpaired) electrons. The number of esters is 1. The molecule has 0 spiro atoms. The van der Waals surface area contributed by atoms with Crippen LogP contribution in [0.15, 0.2) is 6.07 Å². The molecule has 0 aliphatic rings. The van der Waals surface area contributed by atoms with Crippen LogP contribution in [-0.2, 0) is 11.2 Å². The van der Waals surface area contributed by atoms with E-state index in [1.54, 1.807) is 11.3 Å². The number of rotatable bonds is 11. The highest BCUT2D eigenvalue weighted by atomic mass is 32.1. The van der Waals surface area contributed by atoms with Crippen LogP contribution < -0.4 is 10.6 Å². The third kappa shape index (κ3) is 7.62. The molecule has 1 aromatic rings. The minimum atomic E-state index is -0.330. The van der Waals surface area contributed by atoms with E-state index in [9.17, 15) is 4.79 Å². The highest BCUT2D eigenvalue weighted by Gasteiger charge is 2.16. The van der Waals surface area contributed by atoms with Crippen LogP contribution in [-0.4, -0.2) is 24.7 Å². The van der Waals surface area contributed by atoms with Crippen LogP contribution in [0.3, 0.4) is 0 Å². The first-order valence-electron chi connectivity index (χ1n) is 8.88. The Labute approximate surface area is 155 Å². The number of unbranched alkanes of at least 4 members (excludes halogenated alkanes) is 6. The second kappa shape index (κ2) is 12.3. The third-order valence-electron chi connectivity index (χ3n) is 3.83. The van der Waals surface area contributed by atoms with Gasteiger partial charge in [0.25, 0.3) is 0 Å². The number of ether oxygens (including phenoxy) is 1. The van der Waals surface area contributed by atoms with E-state index in [1.165, 1.54) is 45.6 Å². The Morgan fingerprint density at radius 3 is 2.46 bits per heavy atom. The van der Waals surface area contributed by atoms with Gasteiger partial charge >= 0.3 is 5.97 Å². The predicted molar refractivity (Wildman–Crippen MR) is 107 cm³/mol. The Morgan fingerprint density at radius 1 is 1.17 bits per heavy atom. The van der Waals surface area contributed by atoms with Crippen molar-refractivity contribution < 1.29 is 9.53 Å². The van der Waals surface area contributed by atoms with Gasteiger partial charge in [0.05, 0.1) is 12.7 Å². The van der Waals surface area contributed by atoms with Crippen molar-refractivity contribution in [2.45, 2.75) is 65.2 Å². The minimum absolute atomic E-state index is 0.330. The first kappa shape index (κ1) is 20.9. The number of methoxy groups -OCH3 is 1. The summed E-state index contributed by atoms with van der Waals surface area (Å²) in [5.41, 5.74) is 0.555. The van der Waals surface area contributed by atoms with E-state index in [1.807, 2.05) is 6.07 Å². The summed E-state index contributed by atoms with van der Waals surface area (Å²) in [5, 5.41) is 7.68. The van der Waals surface area contributed by atoms with Gasteiger partial charge in [0.15, 0.2) is 5.11 Å². The summed E-state index contributed by atoms with van der Waals surface area (Å²) in [6.45, 7) is 5.16. The molecule has 2 N–H and O–H groups in total. The molecule has 0 saturated heterocycles. The van der Waals surface area contributed by atoms with Crippen LogP contribution in [0.4, 0.5) is 5.00 Å². The van der Waals surface area contributed by atoms with Crippen LogP contribution in [0.25, 0.3) is 0 Å². The van der Waals surface area contributed by atoms with E-state index in [2.05, 4.69) is 24.5 Å². The second-order valence-electron chi connectivity index (χ2n) is 5.80. The average Bonchev–Trinajstić information content (AvgIpc) is 2.99. The van der Waals surface area contributed by atoms with E-state index < -0.39 is 0 Å². The SMILES string of the molecule is CCCCCCCCCNC(=S)Nc1sc(CC)cc1C(=O)OC. The number of carbonyl (C=O) groups is 1. The molecule has 4 nitrogen and oxygen atoms in total. The molecule has 6 heteroatoms. The largest absolute Gasteiger partial charge is 0.465 e. The Balaban J connectivity index is 2.32. The zero-order chi connectivity index (χ0) is 17.8. The fourth-order valence-corrected chi connectivity index (χ4v) is 3.66. The third-order valence-corrected chi connectivity index (χ3v) is 5.27. The molecule has 0 bridgehead atoms. The molecule has 24 heavy (non-hydrogen) atoms. The molecule has 0 aliphatic carbocycles. The number of hydrogen-bond donors (Lipinski definition) is 2. The first-order chi connectivity index (χ1) is 11.6. The van der Waals surface area contributed by atoms with Gasteiger partial charge < -0.3 is 15.4 Å². The van der Waals surface area contributed by atoms with Crippen molar-refractivity contribution in [3.05, 3.63) is 16.5 Å². The summed E-state index contributed by atoms with van der Waals surface area (Å²) in [6, 6.07) is 1.87. The zero-order valence-corrected chi connectivity index (χ0v) is 16.7. The lowest BCUT2D eigenvalue weighted by Crippen LogP contribution is -2.29. The monoisotopic (exact) mass is 370 g/mol. The zero-order valence-electron chi connectivity index (χ0n) is 15.1. The molecule has 0 atom stereocenters. The van der Waals surface area contributed by atoms with Crippen LogP contribution in [0.5, 0.6) is 0 Å². The Hall–Kier alpha value is -1.14. The molecule has 0 saturated carbocycles. The summed E-state index contributed by atoms with van der Waals surface area (Å²) in [7, 11) is 1.40. The number of hydrogen-bond acceptors (Lipinski definition) is 4. The molecule has 1 heterocycles. The average molecular weight is 371 g/mol. The van der Waals surface area contributed by atoms with E-state index >= 15 is 0 Å². The van der Waals surface area contributed by atoms with E-state index in [0.717, 1.165) is 29.3 Å². The lowest BCUT2D eigenvalue weighted by atomic mass is 10.1. The number of thiophene rings is 1. The maximum Gasteiger partial charge on any atom is 0.340 e. The lowest BCUT2D eigenvalue weighted by molar-refractivity contribution is 0.0602. The van der Waals surface area contributed by atoms with Crippen LogP contribution >= 0.6 is 23.6 Å². The van der Waals surface area contributed by atoms with Crippen molar-refractivity contribution in [3.8, 4) is 0 Å². The van der Waals surface area contributed by atoms with Crippen molar-refractivity contribution in [3.63, 3.8) is 0 Å². The summed E-state index contributed by atoms with van der Waals surface area (Å²) < 4.78 is 4.83. The van der Waals surface area contributed by atoms with E-state index in [-0.39, 0.29) is 5.97 Å². The fourth-order valence-electron chi connectivity index (χ4n) is 2.40. The molecule has 0 aliphatic heterocycles. The molecule has 1 aromatic heterocycles. The van der Waals surface area contributed by atoms with E-state index in [4.69, 9.17) is 17.0 Å². The molecular weight excluding hydrogens is 340 g/mol. The standard InChI is InChI=1S/C18H30N2O2S2/c1-4-6-7-8-9-10-11-12-19-18(23)20-16-15(17(21)22-3)13-14(5-2)24-16/h13H,4-12H2,1-3H3,(H2,19,20,23). The molecule has 136 valence electrons. The second-order valence-corrected chi connectivity index (χ2v) is 7.35. The topological polar surface area (TPSA) is 50.4 Å². The smallest absolute Gasteiger partial charge is 0.340 e. The Kier molecular flexibility index (Phi) is 10.7. The first-order valence-corrected chi connectivity index (χ1v) is 10.1. The molecular formula is C18H30N2O2S2. The summed E-state index contributed by atoms with van der Waals surface area (Å²) in [6.07, 6.45) is 9.82. The minimum Gasteiger partial charge on any atom is -0.465 e. The van der Waals surface area contributed by atoms with E-state index in [0.29, 0.717) is 10.7 Å². The van der Waals surface area contributed by atoms with Crippen LogP contribution in [0, 0.1) is 0 Å². The molecule has 1 rings (SSSR count). The van der Waals surface area contributed by atoms with Gasteiger partial charge in [-0.1, -0.05) is 52.4 Å². The maximum absolute atomic E-state index is 11.8. The quantitative estimate of drug-likeness (QED) is 0.321. The van der Waals surface area contributed by atoms with Crippen LogP contribution in [0.1, 0.15) is 74.0 Å².